The average molecular weight is 533 g/mol. The van der Waals surface area contributed by atoms with E-state index in [2.05, 4.69) is 25.6 Å². The Morgan fingerprint density at radius 2 is 1.89 bits per heavy atom. The number of carbonyl (C=O) groups excluding carboxylic acids is 1. The minimum Gasteiger partial charge on any atom is -0.367 e. The van der Waals surface area contributed by atoms with E-state index in [1.165, 1.54) is 12.1 Å². The molecule has 0 atom stereocenters. The third-order valence-corrected chi connectivity index (χ3v) is 7.92. The Kier molecular flexibility index (Phi) is 7.00. The van der Waals surface area contributed by atoms with Crippen LogP contribution in [0.25, 0.3) is 22.2 Å². The summed E-state index contributed by atoms with van der Waals surface area (Å²) in [6, 6.07) is 14.7. The van der Waals surface area contributed by atoms with Crippen molar-refractivity contribution in [3.8, 4) is 11.1 Å². The summed E-state index contributed by atoms with van der Waals surface area (Å²) in [6.07, 6.45) is 7.34. The average Bonchev–Trinajstić information content (AvgIpc) is 3.32. The molecule has 3 N–H and O–H groups in total. The molecule has 1 amide bonds. The van der Waals surface area contributed by atoms with E-state index in [0.717, 1.165) is 72.3 Å². The van der Waals surface area contributed by atoms with E-state index in [9.17, 15) is 9.18 Å². The maximum absolute atomic E-state index is 13.4. The molecule has 1 saturated carbocycles. The number of carbonyl (C=O) groups is 1. The van der Waals surface area contributed by atoms with E-state index >= 15 is 0 Å². The molecule has 1 aliphatic carbocycles. The lowest BCUT2D eigenvalue weighted by molar-refractivity contribution is -0.141. The Labute approximate surface area is 225 Å². The van der Waals surface area contributed by atoms with Gasteiger partial charge in [-0.15, -0.1) is 0 Å². The molecule has 0 bridgehead atoms. The number of aromatic nitrogens is 3. The zero-order valence-corrected chi connectivity index (χ0v) is 21.7. The van der Waals surface area contributed by atoms with Gasteiger partial charge in [0.2, 0.25) is 5.91 Å². The number of anilines is 1. The summed E-state index contributed by atoms with van der Waals surface area (Å²) in [7, 11) is 0. The van der Waals surface area contributed by atoms with Gasteiger partial charge in [0.25, 0.3) is 0 Å². The van der Waals surface area contributed by atoms with Crippen LogP contribution in [0.5, 0.6) is 0 Å². The Morgan fingerprint density at radius 1 is 1.11 bits per heavy atom. The maximum atomic E-state index is 13.4. The summed E-state index contributed by atoms with van der Waals surface area (Å²) in [6.45, 7) is 1.97. The van der Waals surface area contributed by atoms with Gasteiger partial charge in [-0.05, 0) is 73.2 Å². The van der Waals surface area contributed by atoms with Crippen molar-refractivity contribution in [2.24, 2.45) is 5.92 Å². The van der Waals surface area contributed by atoms with Crippen LogP contribution in [0.2, 0.25) is 5.15 Å². The van der Waals surface area contributed by atoms with Crippen LogP contribution in [0, 0.1) is 11.7 Å². The molecule has 6 rings (SSSR count). The predicted molar refractivity (Wildman–Crippen MR) is 147 cm³/mol. The van der Waals surface area contributed by atoms with Crippen molar-refractivity contribution in [3.63, 3.8) is 0 Å². The SMILES string of the molecule is O=C(C1CNC1)N(Cc1ccc(F)cc1)C1CCC(Nc2cc(-c3c[nH]c4ncccc34)cc(Cl)n2)CC1. The summed E-state index contributed by atoms with van der Waals surface area (Å²) in [4.78, 5) is 27.5. The van der Waals surface area contributed by atoms with Crippen molar-refractivity contribution in [3.05, 3.63) is 77.5 Å². The standard InChI is InChI=1S/C29H30ClFN6O/c30-26-12-19(25-16-34-28-24(25)2-1-11-33-28)13-27(36-26)35-22-7-9-23(10-8-22)37(29(38)20-14-32-15-20)17-18-3-5-21(31)6-4-18/h1-6,11-13,16,20,22-23,32H,7-10,14-15,17H2,(H,33,34)(H,35,36). The van der Waals surface area contributed by atoms with Gasteiger partial charge in [-0.2, -0.15) is 0 Å². The minimum atomic E-state index is -0.263. The monoisotopic (exact) mass is 532 g/mol. The molecular weight excluding hydrogens is 503 g/mol. The normalized spacial score (nSPS) is 19.7. The highest BCUT2D eigenvalue weighted by Gasteiger charge is 2.35. The van der Waals surface area contributed by atoms with Crippen LogP contribution in [-0.4, -0.2) is 50.9 Å². The van der Waals surface area contributed by atoms with Crippen molar-refractivity contribution >= 4 is 34.4 Å². The first-order valence-corrected chi connectivity index (χ1v) is 13.5. The molecule has 9 heteroatoms. The molecule has 0 radical (unpaired) electrons. The van der Waals surface area contributed by atoms with Crippen molar-refractivity contribution in [1.82, 2.24) is 25.2 Å². The van der Waals surface area contributed by atoms with Crippen LogP contribution < -0.4 is 10.6 Å². The number of nitrogens with one attached hydrogen (secondary N) is 3. The number of hydrogen-bond donors (Lipinski definition) is 3. The molecular formula is C29H30ClFN6O. The molecule has 4 aromatic rings. The number of H-pyrrole nitrogens is 1. The van der Waals surface area contributed by atoms with Gasteiger partial charge in [0.05, 0.1) is 5.92 Å². The third-order valence-electron chi connectivity index (χ3n) is 7.73. The molecule has 7 nitrogen and oxygen atoms in total. The number of rotatable bonds is 7. The Balaban J connectivity index is 1.14. The number of benzene rings is 1. The number of nitrogens with zero attached hydrogens (tertiary/aromatic N) is 3. The highest BCUT2D eigenvalue weighted by Crippen LogP contribution is 2.32. The molecule has 1 aromatic carbocycles. The lowest BCUT2D eigenvalue weighted by atomic mass is 9.88. The molecule has 1 aliphatic heterocycles. The zero-order chi connectivity index (χ0) is 26.1. The Hall–Kier alpha value is -3.49. The second kappa shape index (κ2) is 10.7. The van der Waals surface area contributed by atoms with Crippen LogP contribution in [-0.2, 0) is 11.3 Å². The van der Waals surface area contributed by atoms with Crippen LogP contribution in [0.4, 0.5) is 10.2 Å². The first kappa shape index (κ1) is 24.8. The second-order valence-corrected chi connectivity index (χ2v) is 10.7. The van der Waals surface area contributed by atoms with Gasteiger partial charge in [-0.25, -0.2) is 14.4 Å². The zero-order valence-electron chi connectivity index (χ0n) is 21.0. The van der Waals surface area contributed by atoms with E-state index in [-0.39, 0.29) is 29.7 Å². The van der Waals surface area contributed by atoms with Gasteiger partial charge >= 0.3 is 0 Å². The van der Waals surface area contributed by atoms with Crippen molar-refractivity contribution in [2.75, 3.05) is 18.4 Å². The van der Waals surface area contributed by atoms with Crippen LogP contribution >= 0.6 is 11.6 Å². The smallest absolute Gasteiger partial charge is 0.228 e. The molecule has 2 fully saturated rings. The van der Waals surface area contributed by atoms with E-state index in [1.807, 2.05) is 35.4 Å². The van der Waals surface area contributed by atoms with Gasteiger partial charge in [-0.3, -0.25) is 4.79 Å². The summed E-state index contributed by atoms with van der Waals surface area (Å²) in [5.74, 6) is 0.702. The van der Waals surface area contributed by atoms with E-state index in [0.29, 0.717) is 11.7 Å². The van der Waals surface area contributed by atoms with Gasteiger partial charge in [0.1, 0.15) is 22.4 Å². The fraction of sp³-hybridized carbons (Fsp3) is 0.345. The fourth-order valence-corrected chi connectivity index (χ4v) is 5.74. The van der Waals surface area contributed by atoms with Gasteiger partial charge in [0, 0.05) is 55.1 Å². The molecule has 38 heavy (non-hydrogen) atoms. The Bertz CT molecular complexity index is 1430. The minimum absolute atomic E-state index is 0.0279. The summed E-state index contributed by atoms with van der Waals surface area (Å²) in [5, 5.41) is 8.26. The topological polar surface area (TPSA) is 85.9 Å². The molecule has 196 valence electrons. The summed E-state index contributed by atoms with van der Waals surface area (Å²) < 4.78 is 13.4. The van der Waals surface area contributed by atoms with Crippen molar-refractivity contribution in [1.29, 1.82) is 0 Å². The van der Waals surface area contributed by atoms with Crippen molar-refractivity contribution < 1.29 is 9.18 Å². The molecule has 0 unspecified atom stereocenters. The summed E-state index contributed by atoms with van der Waals surface area (Å²) >= 11 is 6.42. The lowest BCUT2D eigenvalue weighted by Gasteiger charge is -2.40. The van der Waals surface area contributed by atoms with E-state index in [1.54, 1.807) is 18.3 Å². The maximum Gasteiger partial charge on any atom is 0.228 e. The highest BCUT2D eigenvalue weighted by atomic mass is 35.5. The number of hydrogen-bond acceptors (Lipinski definition) is 5. The van der Waals surface area contributed by atoms with Gasteiger partial charge in [-0.1, -0.05) is 23.7 Å². The fourth-order valence-electron chi connectivity index (χ4n) is 5.53. The van der Waals surface area contributed by atoms with Crippen molar-refractivity contribution in [2.45, 2.75) is 44.3 Å². The molecule has 3 aromatic heterocycles. The highest BCUT2D eigenvalue weighted by molar-refractivity contribution is 6.29. The largest absolute Gasteiger partial charge is 0.367 e. The number of pyridine rings is 2. The van der Waals surface area contributed by atoms with Crippen LogP contribution in [0.15, 0.2) is 60.9 Å². The summed E-state index contributed by atoms with van der Waals surface area (Å²) in [5.41, 5.74) is 3.80. The quantitative estimate of drug-likeness (QED) is 0.278. The van der Waals surface area contributed by atoms with Crippen LogP contribution in [0.1, 0.15) is 31.2 Å². The van der Waals surface area contributed by atoms with E-state index < -0.39 is 0 Å². The van der Waals surface area contributed by atoms with Gasteiger partial charge < -0.3 is 20.5 Å². The molecule has 0 spiro atoms. The number of fused-ring (bicyclic) bond motifs is 1. The molecule has 2 aliphatic rings. The first-order valence-electron chi connectivity index (χ1n) is 13.2. The predicted octanol–water partition coefficient (Wildman–Crippen LogP) is 5.39. The van der Waals surface area contributed by atoms with Crippen LogP contribution in [0.3, 0.4) is 0 Å². The number of aromatic amines is 1. The molecule has 1 saturated heterocycles. The van der Waals surface area contributed by atoms with Gasteiger partial charge in [0.15, 0.2) is 0 Å². The third kappa shape index (κ3) is 5.24. The second-order valence-electron chi connectivity index (χ2n) is 10.3. The number of halogens is 2. The number of amides is 1. The molecule has 4 heterocycles. The first-order chi connectivity index (χ1) is 18.5. The lowest BCUT2D eigenvalue weighted by Crippen LogP contribution is -2.54. The van der Waals surface area contributed by atoms with E-state index in [4.69, 9.17) is 11.6 Å². The Morgan fingerprint density at radius 3 is 2.63 bits per heavy atom.